The lowest BCUT2D eigenvalue weighted by Gasteiger charge is -2.08. The molecule has 8 heteroatoms. The maximum atomic E-state index is 12.7. The highest BCUT2D eigenvalue weighted by atomic mass is 32.1. The number of aromatic amines is 1. The molecular weight excluding hydrogens is 350 g/mol. The first-order chi connectivity index (χ1) is 12.6. The van der Waals surface area contributed by atoms with Gasteiger partial charge in [-0.1, -0.05) is 30.3 Å². The summed E-state index contributed by atoms with van der Waals surface area (Å²) in [6.07, 6.45) is 0. The maximum Gasteiger partial charge on any atom is 0.279 e. The number of methoxy groups -OCH3 is 1. The first kappa shape index (κ1) is 16.2. The fourth-order valence-electron chi connectivity index (χ4n) is 2.93. The quantitative estimate of drug-likeness (QED) is 0.724. The summed E-state index contributed by atoms with van der Waals surface area (Å²) in [5, 5.41) is 11.5. The Morgan fingerprint density at radius 1 is 1.12 bits per heavy atom. The number of carbonyl (C=O) groups excluding carboxylic acids is 1. The van der Waals surface area contributed by atoms with Gasteiger partial charge in [0.1, 0.15) is 5.75 Å². The molecule has 1 N–H and O–H groups in total. The second-order valence-electron chi connectivity index (χ2n) is 5.69. The van der Waals surface area contributed by atoms with E-state index in [1.807, 2.05) is 48.5 Å². The number of fused-ring (bicyclic) bond motifs is 1. The van der Waals surface area contributed by atoms with Crippen molar-refractivity contribution in [3.8, 4) is 17.1 Å². The Morgan fingerprint density at radius 3 is 2.58 bits per heavy atom. The molecule has 4 rings (SSSR count). The highest BCUT2D eigenvalue weighted by Gasteiger charge is 2.31. The van der Waals surface area contributed by atoms with Gasteiger partial charge in [0.15, 0.2) is 11.5 Å². The van der Waals surface area contributed by atoms with E-state index in [-0.39, 0.29) is 5.91 Å². The predicted octanol–water partition coefficient (Wildman–Crippen LogP) is 2.85. The fourth-order valence-corrected chi connectivity index (χ4v) is 3.11. The van der Waals surface area contributed by atoms with Gasteiger partial charge >= 0.3 is 0 Å². The van der Waals surface area contributed by atoms with Gasteiger partial charge in [-0.15, -0.1) is 0 Å². The summed E-state index contributed by atoms with van der Waals surface area (Å²) in [6, 6.07) is 14.9. The molecule has 26 heavy (non-hydrogen) atoms. The smallest absolute Gasteiger partial charge is 0.279 e. The number of hydrogen-bond acceptors (Lipinski definition) is 5. The minimum Gasteiger partial charge on any atom is -0.496 e. The number of benzene rings is 2. The molecule has 0 saturated heterocycles. The molecular formula is C18H15N5O2S. The topological polar surface area (TPSA) is 75.5 Å². The van der Waals surface area contributed by atoms with E-state index in [9.17, 15) is 4.79 Å². The number of H-pyrrole nitrogens is 1. The van der Waals surface area contributed by atoms with Crippen molar-refractivity contribution in [1.82, 2.24) is 14.9 Å². The Labute approximate surface area is 154 Å². The average molecular weight is 365 g/mol. The molecule has 0 bridgehead atoms. The molecule has 0 unspecified atom stereocenters. The van der Waals surface area contributed by atoms with E-state index in [0.29, 0.717) is 22.1 Å². The molecule has 2 heterocycles. The summed E-state index contributed by atoms with van der Waals surface area (Å²) in [5.74, 6) is 0.915. The number of ether oxygens (including phenoxy) is 1. The number of nitrogens with zero attached hydrogens (tertiary/aromatic N) is 4. The number of amides is 1. The predicted molar refractivity (Wildman–Crippen MR) is 101 cm³/mol. The van der Waals surface area contributed by atoms with E-state index < -0.39 is 0 Å². The van der Waals surface area contributed by atoms with E-state index in [0.717, 1.165) is 16.8 Å². The lowest BCUT2D eigenvalue weighted by Crippen LogP contribution is -2.26. The Hall–Kier alpha value is -3.26. The van der Waals surface area contributed by atoms with Gasteiger partial charge in [-0.2, -0.15) is 14.9 Å². The van der Waals surface area contributed by atoms with E-state index in [4.69, 9.17) is 17.0 Å². The second-order valence-corrected chi connectivity index (χ2v) is 6.08. The first-order valence-electron chi connectivity index (χ1n) is 7.89. The van der Waals surface area contributed by atoms with Crippen LogP contribution in [0.3, 0.4) is 0 Å². The van der Waals surface area contributed by atoms with Crippen molar-refractivity contribution in [3.63, 3.8) is 0 Å². The van der Waals surface area contributed by atoms with Crippen LogP contribution in [0.15, 0.2) is 53.6 Å². The van der Waals surface area contributed by atoms with Gasteiger partial charge in [0.2, 0.25) is 4.77 Å². The Bertz CT molecular complexity index is 1100. The van der Waals surface area contributed by atoms with E-state index in [1.54, 1.807) is 19.1 Å². The molecule has 1 aromatic heterocycles. The standard InChI is InChI=1S/C18H15N5O2S/c1-22-13-9-5-3-7-11(13)15(17(22)24)21-23-16(19-20-18(23)26)12-8-4-6-10-14(12)25-2/h3-10H,1-2H3,(H,20,26). The van der Waals surface area contributed by atoms with Crippen molar-refractivity contribution in [2.24, 2.45) is 5.10 Å². The number of hydrogen-bond donors (Lipinski definition) is 1. The van der Waals surface area contributed by atoms with Gasteiger partial charge in [0.05, 0.1) is 18.4 Å². The number of aromatic nitrogens is 3. The largest absolute Gasteiger partial charge is 0.496 e. The number of carbonyl (C=O) groups is 1. The lowest BCUT2D eigenvalue weighted by molar-refractivity contribution is -0.112. The molecule has 3 aromatic rings. The highest BCUT2D eigenvalue weighted by molar-refractivity contribution is 7.71. The number of nitrogens with one attached hydrogen (secondary N) is 1. The summed E-state index contributed by atoms with van der Waals surface area (Å²) in [7, 11) is 3.31. The van der Waals surface area contributed by atoms with Gasteiger partial charge in [-0.05, 0) is 30.4 Å². The highest BCUT2D eigenvalue weighted by Crippen LogP contribution is 2.30. The third-order valence-corrected chi connectivity index (χ3v) is 4.49. The van der Waals surface area contributed by atoms with Crippen LogP contribution < -0.4 is 9.64 Å². The van der Waals surface area contributed by atoms with Crippen LogP contribution in [-0.4, -0.2) is 40.6 Å². The summed E-state index contributed by atoms with van der Waals surface area (Å²) in [5.41, 5.74) is 2.61. The molecule has 0 fully saturated rings. The monoisotopic (exact) mass is 365 g/mol. The van der Waals surface area contributed by atoms with E-state index >= 15 is 0 Å². The zero-order valence-electron chi connectivity index (χ0n) is 14.1. The molecule has 1 amide bonds. The van der Waals surface area contributed by atoms with Gasteiger partial charge < -0.3 is 9.64 Å². The third kappa shape index (κ3) is 2.42. The van der Waals surface area contributed by atoms with Crippen LogP contribution in [0.1, 0.15) is 5.56 Å². The first-order valence-corrected chi connectivity index (χ1v) is 8.30. The third-order valence-electron chi connectivity index (χ3n) is 4.23. The van der Waals surface area contributed by atoms with Crippen LogP contribution >= 0.6 is 12.2 Å². The van der Waals surface area contributed by atoms with Gasteiger partial charge in [0, 0.05) is 12.6 Å². The number of anilines is 1. The molecule has 0 aliphatic carbocycles. The van der Waals surface area contributed by atoms with Crippen LogP contribution in [0.25, 0.3) is 11.4 Å². The Morgan fingerprint density at radius 2 is 1.81 bits per heavy atom. The van der Waals surface area contributed by atoms with Crippen molar-refractivity contribution in [2.45, 2.75) is 0 Å². The molecule has 1 aliphatic rings. The number of rotatable bonds is 3. The zero-order chi connectivity index (χ0) is 18.3. The molecule has 0 radical (unpaired) electrons. The van der Waals surface area contributed by atoms with Crippen LogP contribution in [0.4, 0.5) is 5.69 Å². The molecule has 0 atom stereocenters. The van der Waals surface area contributed by atoms with Crippen LogP contribution in [0.5, 0.6) is 5.75 Å². The van der Waals surface area contributed by atoms with Crippen LogP contribution in [-0.2, 0) is 4.79 Å². The fraction of sp³-hybridized carbons (Fsp3) is 0.111. The normalized spacial score (nSPS) is 14.8. The van der Waals surface area contributed by atoms with Crippen LogP contribution in [0, 0.1) is 4.77 Å². The molecule has 130 valence electrons. The van der Waals surface area contributed by atoms with Crippen molar-refractivity contribution in [1.29, 1.82) is 0 Å². The molecule has 0 spiro atoms. The van der Waals surface area contributed by atoms with Crippen molar-refractivity contribution in [3.05, 3.63) is 58.9 Å². The van der Waals surface area contributed by atoms with Gasteiger partial charge in [-0.25, -0.2) is 5.10 Å². The van der Waals surface area contributed by atoms with Gasteiger partial charge in [0.25, 0.3) is 5.91 Å². The summed E-state index contributed by atoms with van der Waals surface area (Å²) in [6.45, 7) is 0. The minimum atomic E-state index is -0.194. The zero-order valence-corrected chi connectivity index (χ0v) is 14.9. The molecule has 1 aliphatic heterocycles. The summed E-state index contributed by atoms with van der Waals surface area (Å²) < 4.78 is 7.15. The van der Waals surface area contributed by atoms with Crippen LogP contribution in [0.2, 0.25) is 0 Å². The Balaban J connectivity index is 1.91. The van der Waals surface area contributed by atoms with Crippen molar-refractivity contribution in [2.75, 3.05) is 19.1 Å². The SMILES string of the molecule is COc1ccccc1-c1n[nH]c(=S)n1N=C1C(=O)N(C)c2ccccc21. The Kier molecular flexibility index (Phi) is 3.89. The minimum absolute atomic E-state index is 0.194. The summed E-state index contributed by atoms with van der Waals surface area (Å²) >= 11 is 5.33. The maximum absolute atomic E-state index is 12.7. The number of likely N-dealkylation sites (N-methyl/N-ethyl adjacent to an activating group) is 1. The molecule has 0 saturated carbocycles. The molecule has 2 aromatic carbocycles. The van der Waals surface area contributed by atoms with Crippen molar-refractivity contribution < 1.29 is 9.53 Å². The van der Waals surface area contributed by atoms with Crippen molar-refractivity contribution >= 4 is 29.5 Å². The van der Waals surface area contributed by atoms with E-state index in [2.05, 4.69) is 15.3 Å². The number of para-hydroxylation sites is 2. The average Bonchev–Trinajstić information content (AvgIpc) is 3.15. The van der Waals surface area contributed by atoms with Gasteiger partial charge in [-0.3, -0.25) is 4.79 Å². The summed E-state index contributed by atoms with van der Waals surface area (Å²) in [4.78, 5) is 14.2. The lowest BCUT2D eigenvalue weighted by atomic mass is 10.1. The second kappa shape index (κ2) is 6.23. The molecule has 7 nitrogen and oxygen atoms in total. The van der Waals surface area contributed by atoms with E-state index in [1.165, 1.54) is 4.68 Å².